The minimum absolute atomic E-state index is 0.139. The highest BCUT2D eigenvalue weighted by Crippen LogP contribution is 2.39. The number of nitrogens with one attached hydrogen (secondary N) is 1. The average molecular weight is 455 g/mol. The second-order valence-corrected chi connectivity index (χ2v) is 7.81. The summed E-state index contributed by atoms with van der Waals surface area (Å²) >= 11 is 0. The molecular weight excluding hydrogens is 424 g/mol. The lowest BCUT2D eigenvalue weighted by molar-refractivity contribution is 0.0358. The van der Waals surface area contributed by atoms with Crippen LogP contribution in [0, 0.1) is 0 Å². The lowest BCUT2D eigenvalue weighted by Gasteiger charge is -2.26. The number of rotatable bonds is 10. The van der Waals surface area contributed by atoms with Crippen LogP contribution < -0.4 is 18.9 Å². The van der Waals surface area contributed by atoms with E-state index in [1.165, 1.54) is 21.3 Å². The van der Waals surface area contributed by atoms with Crippen LogP contribution >= 0.6 is 0 Å². The number of H-pyrrole nitrogens is 1. The van der Waals surface area contributed by atoms with Gasteiger partial charge in [-0.3, -0.25) is 9.69 Å². The Bertz CT molecular complexity index is 1080. The van der Waals surface area contributed by atoms with Crippen molar-refractivity contribution >= 4 is 16.7 Å². The molecule has 0 amide bonds. The quantitative estimate of drug-likeness (QED) is 0.371. The molecular formula is C25H30N2O6. The number of aromatic amines is 1. The molecule has 1 aromatic heterocycles. The summed E-state index contributed by atoms with van der Waals surface area (Å²) in [5, 5.41) is 0.828. The van der Waals surface area contributed by atoms with Gasteiger partial charge < -0.3 is 28.7 Å². The molecule has 1 aliphatic rings. The van der Waals surface area contributed by atoms with Crippen molar-refractivity contribution < 1.29 is 28.5 Å². The summed E-state index contributed by atoms with van der Waals surface area (Å²) in [6.45, 7) is 5.22. The van der Waals surface area contributed by atoms with Gasteiger partial charge in [0.1, 0.15) is 5.75 Å². The highest BCUT2D eigenvalue weighted by molar-refractivity contribution is 6.16. The molecule has 4 rings (SSSR count). The topological polar surface area (TPSA) is 82.3 Å². The number of benzene rings is 2. The Morgan fingerprint density at radius 1 is 1.03 bits per heavy atom. The lowest BCUT2D eigenvalue weighted by atomic mass is 10.0. The number of morpholine rings is 1. The third-order valence-corrected chi connectivity index (χ3v) is 5.82. The normalized spacial score (nSPS) is 14.3. The molecule has 0 atom stereocenters. The van der Waals surface area contributed by atoms with E-state index < -0.39 is 0 Å². The Kier molecular flexibility index (Phi) is 7.36. The Labute approximate surface area is 193 Å². The third kappa shape index (κ3) is 5.07. The van der Waals surface area contributed by atoms with E-state index in [4.69, 9.17) is 23.7 Å². The molecule has 3 aromatic rings. The maximum Gasteiger partial charge on any atom is 0.203 e. The fourth-order valence-electron chi connectivity index (χ4n) is 4.05. The van der Waals surface area contributed by atoms with Gasteiger partial charge in [0.05, 0.1) is 41.2 Å². The first-order valence-electron chi connectivity index (χ1n) is 11.0. The van der Waals surface area contributed by atoms with Crippen LogP contribution in [-0.4, -0.2) is 76.5 Å². The highest BCUT2D eigenvalue weighted by Gasteiger charge is 2.20. The number of hydrogen-bond donors (Lipinski definition) is 1. The number of hydrogen-bond acceptors (Lipinski definition) is 7. The maximum absolute atomic E-state index is 13.3. The average Bonchev–Trinajstić information content (AvgIpc) is 3.29. The predicted molar refractivity (Wildman–Crippen MR) is 125 cm³/mol. The number of ether oxygens (including phenoxy) is 5. The van der Waals surface area contributed by atoms with Crippen molar-refractivity contribution in [1.29, 1.82) is 0 Å². The second kappa shape index (κ2) is 10.6. The van der Waals surface area contributed by atoms with Crippen molar-refractivity contribution in [2.75, 3.05) is 60.8 Å². The molecule has 0 saturated carbocycles. The molecule has 0 spiro atoms. The van der Waals surface area contributed by atoms with Crippen molar-refractivity contribution in [3.63, 3.8) is 0 Å². The van der Waals surface area contributed by atoms with Gasteiger partial charge in [-0.05, 0) is 30.7 Å². The zero-order chi connectivity index (χ0) is 23.2. The Morgan fingerprint density at radius 2 is 1.76 bits per heavy atom. The number of methoxy groups -OCH3 is 3. The van der Waals surface area contributed by atoms with Crippen LogP contribution in [0.15, 0.2) is 36.5 Å². The van der Waals surface area contributed by atoms with Gasteiger partial charge in [0, 0.05) is 53.9 Å². The van der Waals surface area contributed by atoms with Crippen molar-refractivity contribution in [3.8, 4) is 23.0 Å². The van der Waals surface area contributed by atoms with E-state index in [0.717, 1.165) is 55.9 Å². The molecule has 8 nitrogen and oxygen atoms in total. The first-order valence-corrected chi connectivity index (χ1v) is 11.0. The predicted octanol–water partition coefficient (Wildman–Crippen LogP) is 3.53. The monoisotopic (exact) mass is 454 g/mol. The summed E-state index contributed by atoms with van der Waals surface area (Å²) in [6, 6.07) is 9.06. The van der Waals surface area contributed by atoms with Crippen LogP contribution in [0.3, 0.4) is 0 Å². The number of nitrogens with zero attached hydrogens (tertiary/aromatic N) is 1. The van der Waals surface area contributed by atoms with Crippen LogP contribution in [0.2, 0.25) is 0 Å². The zero-order valence-corrected chi connectivity index (χ0v) is 19.3. The van der Waals surface area contributed by atoms with E-state index >= 15 is 0 Å². The Hall–Kier alpha value is -3.23. The largest absolute Gasteiger partial charge is 0.493 e. The van der Waals surface area contributed by atoms with Crippen molar-refractivity contribution in [1.82, 2.24) is 9.88 Å². The molecule has 1 fully saturated rings. The number of carbonyl (C=O) groups is 1. The van der Waals surface area contributed by atoms with E-state index in [0.29, 0.717) is 35.0 Å². The number of aromatic nitrogens is 1. The van der Waals surface area contributed by atoms with Gasteiger partial charge in [-0.25, -0.2) is 0 Å². The fraction of sp³-hybridized carbons (Fsp3) is 0.400. The molecule has 2 aromatic carbocycles. The second-order valence-electron chi connectivity index (χ2n) is 7.81. The SMILES string of the molecule is COc1cc(C(=O)c2c[nH]c3cc(OCCCN4CCOCC4)ccc23)cc(OC)c1OC. The smallest absolute Gasteiger partial charge is 0.203 e. The van der Waals surface area contributed by atoms with Crippen molar-refractivity contribution in [3.05, 3.63) is 47.7 Å². The van der Waals surface area contributed by atoms with Gasteiger partial charge in [0.25, 0.3) is 0 Å². The molecule has 1 saturated heterocycles. The first-order chi connectivity index (χ1) is 16.1. The van der Waals surface area contributed by atoms with Crippen LogP contribution in [-0.2, 0) is 4.74 Å². The highest BCUT2D eigenvalue weighted by atomic mass is 16.5. The van der Waals surface area contributed by atoms with Gasteiger partial charge in [0.2, 0.25) is 5.75 Å². The number of carbonyl (C=O) groups excluding carboxylic acids is 1. The fourth-order valence-corrected chi connectivity index (χ4v) is 4.05. The third-order valence-electron chi connectivity index (χ3n) is 5.82. The van der Waals surface area contributed by atoms with Crippen molar-refractivity contribution in [2.24, 2.45) is 0 Å². The van der Waals surface area contributed by atoms with Crippen LogP contribution in [0.1, 0.15) is 22.3 Å². The molecule has 1 N–H and O–H groups in total. The van der Waals surface area contributed by atoms with Gasteiger partial charge >= 0.3 is 0 Å². The van der Waals surface area contributed by atoms with Gasteiger partial charge in [0.15, 0.2) is 17.3 Å². The van der Waals surface area contributed by atoms with E-state index in [2.05, 4.69) is 9.88 Å². The number of ketones is 1. The van der Waals surface area contributed by atoms with Gasteiger partial charge in [-0.1, -0.05) is 0 Å². The minimum atomic E-state index is -0.139. The summed E-state index contributed by atoms with van der Waals surface area (Å²) in [5.74, 6) is 1.96. The summed E-state index contributed by atoms with van der Waals surface area (Å²) in [4.78, 5) is 18.9. The molecule has 1 aliphatic heterocycles. The van der Waals surface area contributed by atoms with Crippen LogP contribution in [0.4, 0.5) is 0 Å². The molecule has 33 heavy (non-hydrogen) atoms. The molecule has 0 aliphatic carbocycles. The molecule has 0 radical (unpaired) electrons. The summed E-state index contributed by atoms with van der Waals surface area (Å²) in [7, 11) is 4.59. The Morgan fingerprint density at radius 3 is 2.42 bits per heavy atom. The molecule has 2 heterocycles. The summed E-state index contributed by atoms with van der Waals surface area (Å²) < 4.78 is 27.4. The Balaban J connectivity index is 1.46. The van der Waals surface area contributed by atoms with Gasteiger partial charge in [-0.2, -0.15) is 0 Å². The van der Waals surface area contributed by atoms with Gasteiger partial charge in [-0.15, -0.1) is 0 Å². The van der Waals surface area contributed by atoms with Crippen LogP contribution in [0.25, 0.3) is 10.9 Å². The molecule has 0 unspecified atom stereocenters. The first kappa shape index (κ1) is 22.9. The summed E-state index contributed by atoms with van der Waals surface area (Å²) in [6.07, 6.45) is 2.67. The minimum Gasteiger partial charge on any atom is -0.493 e. The zero-order valence-electron chi connectivity index (χ0n) is 19.3. The lowest BCUT2D eigenvalue weighted by Crippen LogP contribution is -2.37. The maximum atomic E-state index is 13.3. The molecule has 8 heteroatoms. The van der Waals surface area contributed by atoms with E-state index in [-0.39, 0.29) is 5.78 Å². The number of fused-ring (bicyclic) bond motifs is 1. The van der Waals surface area contributed by atoms with E-state index in [1.807, 2.05) is 18.2 Å². The van der Waals surface area contributed by atoms with Crippen LogP contribution in [0.5, 0.6) is 23.0 Å². The summed E-state index contributed by atoms with van der Waals surface area (Å²) in [5.41, 5.74) is 1.86. The van der Waals surface area contributed by atoms with E-state index in [1.54, 1.807) is 18.3 Å². The van der Waals surface area contributed by atoms with E-state index in [9.17, 15) is 4.79 Å². The standard InChI is InChI=1S/C25H30N2O6/c1-29-22-13-17(14-23(30-2)25(22)31-3)24(28)20-16-26-21-15-18(5-6-19(20)21)33-10-4-7-27-8-11-32-12-9-27/h5-6,13-16,26H,4,7-12H2,1-3H3. The molecule has 176 valence electrons. The molecule has 0 bridgehead atoms. The van der Waals surface area contributed by atoms with Crippen molar-refractivity contribution in [2.45, 2.75) is 6.42 Å².